The first-order valence-electron chi connectivity index (χ1n) is 8.58. The Morgan fingerprint density at radius 1 is 0.579 bits per heavy atom. The molecule has 0 atom stereocenters. The SMILES string of the molecule is C1CC[CH]([Al][N]2CC[N]([Al][CH]3CCCCC3)C2)CC1. The van der Waals surface area contributed by atoms with Gasteiger partial charge in [-0.25, -0.2) is 0 Å². The molecule has 1 saturated heterocycles. The molecule has 0 aromatic rings. The van der Waals surface area contributed by atoms with Gasteiger partial charge in [0.25, 0.3) is 0 Å². The lowest BCUT2D eigenvalue weighted by Crippen LogP contribution is -2.34. The van der Waals surface area contributed by atoms with Gasteiger partial charge in [-0.15, -0.1) is 0 Å². The monoisotopic (exact) mass is 290 g/mol. The standard InChI is InChI=1S/2C6H11.C3H6N2.2Al/c2*1-2-4-6-5-3-1;1-2-5-3-4-1;;/h2*1H,2-6H2;1-3H2;;/q;;-2;2*+1. The molecule has 1 aliphatic heterocycles. The van der Waals surface area contributed by atoms with Crippen molar-refractivity contribution < 1.29 is 0 Å². The van der Waals surface area contributed by atoms with E-state index in [1.165, 1.54) is 58.3 Å². The summed E-state index contributed by atoms with van der Waals surface area (Å²) < 4.78 is 7.90. The van der Waals surface area contributed by atoms with Crippen molar-refractivity contribution in [1.29, 1.82) is 0 Å². The molecule has 2 saturated carbocycles. The number of nitrogens with zero attached hydrogens (tertiary/aromatic N) is 2. The van der Waals surface area contributed by atoms with Gasteiger partial charge in [0, 0.05) is 6.67 Å². The van der Waals surface area contributed by atoms with E-state index in [-0.39, 0.29) is 0 Å². The van der Waals surface area contributed by atoms with Crippen LogP contribution in [0.5, 0.6) is 0 Å². The zero-order chi connectivity index (χ0) is 12.9. The van der Waals surface area contributed by atoms with Gasteiger partial charge in [0.1, 0.15) is 0 Å². The molecule has 4 heteroatoms. The summed E-state index contributed by atoms with van der Waals surface area (Å²) in [5, 5.41) is 0. The molecule has 104 valence electrons. The van der Waals surface area contributed by atoms with Crippen LogP contribution in [0.2, 0.25) is 9.56 Å². The molecule has 0 bridgehead atoms. The van der Waals surface area contributed by atoms with Crippen LogP contribution < -0.4 is 0 Å². The van der Waals surface area contributed by atoms with Crippen molar-refractivity contribution in [3.05, 3.63) is 0 Å². The smallest absolute Gasteiger partial charge is 0.327 e. The highest BCUT2D eigenvalue weighted by molar-refractivity contribution is 6.36. The lowest BCUT2D eigenvalue weighted by molar-refractivity contribution is 0.416. The van der Waals surface area contributed by atoms with Gasteiger partial charge < -0.3 is 7.77 Å². The Labute approximate surface area is 132 Å². The second kappa shape index (κ2) is 7.84. The van der Waals surface area contributed by atoms with Crippen LogP contribution in [0.3, 0.4) is 0 Å². The first-order valence-corrected chi connectivity index (χ1v) is 10.9. The maximum absolute atomic E-state index is 2.84. The van der Waals surface area contributed by atoms with Crippen LogP contribution in [0.1, 0.15) is 64.2 Å². The summed E-state index contributed by atoms with van der Waals surface area (Å²) in [5.74, 6) is 0. The molecule has 3 rings (SSSR count). The first-order chi connectivity index (χ1) is 9.40. The van der Waals surface area contributed by atoms with E-state index >= 15 is 0 Å². The first kappa shape index (κ1) is 14.9. The molecule has 0 amide bonds. The molecule has 0 spiro atoms. The van der Waals surface area contributed by atoms with Crippen LogP contribution >= 0.6 is 0 Å². The van der Waals surface area contributed by atoms with Gasteiger partial charge >= 0.3 is 30.9 Å². The van der Waals surface area contributed by atoms with E-state index in [2.05, 4.69) is 7.77 Å². The van der Waals surface area contributed by atoms with Gasteiger partial charge in [-0.3, -0.25) is 0 Å². The Bertz CT molecular complexity index is 237. The quantitative estimate of drug-likeness (QED) is 0.733. The van der Waals surface area contributed by atoms with E-state index in [4.69, 9.17) is 0 Å². The predicted molar refractivity (Wildman–Crippen MR) is 83.5 cm³/mol. The van der Waals surface area contributed by atoms with E-state index < -0.39 is 0 Å². The van der Waals surface area contributed by atoms with Crippen LogP contribution in [0.25, 0.3) is 0 Å². The van der Waals surface area contributed by atoms with Crippen molar-refractivity contribution in [2.24, 2.45) is 0 Å². The van der Waals surface area contributed by atoms with E-state index in [0.29, 0.717) is 30.9 Å². The van der Waals surface area contributed by atoms with Gasteiger partial charge in [0.2, 0.25) is 0 Å². The summed E-state index contributed by atoms with van der Waals surface area (Å²) in [6.45, 7) is 4.13. The van der Waals surface area contributed by atoms with Gasteiger partial charge in [-0.1, -0.05) is 73.8 Å². The van der Waals surface area contributed by atoms with Crippen LogP contribution in [0.15, 0.2) is 0 Å². The largest absolute Gasteiger partial charge is 0.380 e. The molecular weight excluding hydrogens is 262 g/mol. The van der Waals surface area contributed by atoms with E-state index in [9.17, 15) is 0 Å². The number of hydrogen-bond donors (Lipinski definition) is 0. The van der Waals surface area contributed by atoms with Crippen molar-refractivity contribution in [3.63, 3.8) is 0 Å². The molecule has 2 radical (unpaired) electrons. The third-order valence-corrected chi connectivity index (χ3v) is 9.04. The van der Waals surface area contributed by atoms with Crippen LogP contribution in [0.4, 0.5) is 0 Å². The maximum Gasteiger partial charge on any atom is 0.327 e. The van der Waals surface area contributed by atoms with Crippen molar-refractivity contribution in [3.8, 4) is 0 Å². The Morgan fingerprint density at radius 2 is 1.00 bits per heavy atom. The Hall–Kier alpha value is 0.985. The molecule has 2 nitrogen and oxygen atoms in total. The molecule has 3 fully saturated rings. The zero-order valence-corrected chi connectivity index (χ0v) is 14.7. The zero-order valence-electron chi connectivity index (χ0n) is 12.4. The maximum atomic E-state index is 2.84. The summed E-state index contributed by atoms with van der Waals surface area (Å²) in [5.41, 5.74) is 0. The van der Waals surface area contributed by atoms with E-state index in [0.717, 1.165) is 9.56 Å². The van der Waals surface area contributed by atoms with Crippen molar-refractivity contribution in [2.45, 2.75) is 73.8 Å². The molecule has 0 aromatic carbocycles. The summed E-state index contributed by atoms with van der Waals surface area (Å²) >= 11 is 1.22. The molecule has 1 heterocycles. The Morgan fingerprint density at radius 3 is 1.42 bits per heavy atom. The summed E-state index contributed by atoms with van der Waals surface area (Å²) in [6.07, 6.45) is 15.3. The van der Waals surface area contributed by atoms with Gasteiger partial charge in [-0.05, 0) is 13.1 Å². The number of hydrogen-bond acceptors (Lipinski definition) is 2. The normalized spacial score (nSPS) is 28.6. The fraction of sp³-hybridized carbons (Fsp3) is 1.00. The number of rotatable bonds is 4. The molecule has 3 aliphatic rings. The molecule has 19 heavy (non-hydrogen) atoms. The minimum absolute atomic E-state index is 0.608. The lowest BCUT2D eigenvalue weighted by Gasteiger charge is -2.28. The fourth-order valence-corrected chi connectivity index (χ4v) is 8.10. The third kappa shape index (κ3) is 4.74. The van der Waals surface area contributed by atoms with Crippen LogP contribution in [-0.4, -0.2) is 58.4 Å². The highest BCUT2D eigenvalue weighted by atomic mass is 27.1. The molecule has 2 aliphatic carbocycles. The fourth-order valence-electron chi connectivity index (χ4n) is 4.04. The molecule has 0 N–H and O–H groups in total. The average Bonchev–Trinajstić information content (AvgIpc) is 2.88. The van der Waals surface area contributed by atoms with Crippen molar-refractivity contribution >= 4 is 30.9 Å². The van der Waals surface area contributed by atoms with E-state index in [1.54, 1.807) is 25.7 Å². The van der Waals surface area contributed by atoms with Crippen molar-refractivity contribution in [2.75, 3.05) is 19.8 Å². The van der Waals surface area contributed by atoms with Gasteiger partial charge in [0.15, 0.2) is 0 Å². The highest BCUT2D eigenvalue weighted by Gasteiger charge is 2.27. The Balaban J connectivity index is 1.37. The third-order valence-electron chi connectivity index (χ3n) is 5.18. The van der Waals surface area contributed by atoms with Gasteiger partial charge in [-0.2, -0.15) is 0 Å². The van der Waals surface area contributed by atoms with Crippen LogP contribution in [0, 0.1) is 0 Å². The highest BCUT2D eigenvalue weighted by Crippen LogP contribution is 2.30. The van der Waals surface area contributed by atoms with Gasteiger partial charge in [0.05, 0.1) is 0 Å². The summed E-state index contributed by atoms with van der Waals surface area (Å²) in [6, 6.07) is 0. The Kier molecular flexibility index (Phi) is 6.15. The predicted octanol–water partition coefficient (Wildman–Crippen LogP) is 3.31. The second-order valence-corrected chi connectivity index (χ2v) is 10.8. The minimum Gasteiger partial charge on any atom is -0.380 e. The topological polar surface area (TPSA) is 6.48 Å². The summed E-state index contributed by atoms with van der Waals surface area (Å²) in [4.78, 5) is 0. The molecular formula is C15H28Al2N2. The molecule has 0 aromatic heterocycles. The summed E-state index contributed by atoms with van der Waals surface area (Å²) in [7, 11) is 0. The molecule has 0 unspecified atom stereocenters. The minimum atomic E-state index is 0.608. The average molecular weight is 290 g/mol. The van der Waals surface area contributed by atoms with Crippen molar-refractivity contribution in [1.82, 2.24) is 7.77 Å². The second-order valence-electron chi connectivity index (χ2n) is 6.86. The van der Waals surface area contributed by atoms with Crippen LogP contribution in [-0.2, 0) is 0 Å². The van der Waals surface area contributed by atoms with E-state index in [1.807, 2.05) is 0 Å². The lowest BCUT2D eigenvalue weighted by atomic mass is 10.0.